The van der Waals surface area contributed by atoms with Crippen LogP contribution in [0.3, 0.4) is 0 Å². The highest BCUT2D eigenvalue weighted by molar-refractivity contribution is 8.00. The summed E-state index contributed by atoms with van der Waals surface area (Å²) in [5.74, 6) is 0. The Labute approximate surface area is 127 Å². The normalized spacial score (nSPS) is 23.2. The zero-order chi connectivity index (χ0) is 14.8. The monoisotopic (exact) mass is 293 g/mol. The molecule has 1 aliphatic heterocycles. The van der Waals surface area contributed by atoms with E-state index in [1.54, 1.807) is 0 Å². The van der Waals surface area contributed by atoms with Gasteiger partial charge in [-0.3, -0.25) is 0 Å². The van der Waals surface area contributed by atoms with Crippen molar-refractivity contribution < 1.29 is 4.74 Å². The fourth-order valence-electron chi connectivity index (χ4n) is 2.35. The third-order valence-electron chi connectivity index (χ3n) is 3.61. The lowest BCUT2D eigenvalue weighted by Gasteiger charge is -2.23. The Morgan fingerprint density at radius 1 is 1.35 bits per heavy atom. The van der Waals surface area contributed by atoms with Gasteiger partial charge in [-0.05, 0) is 52.7 Å². The summed E-state index contributed by atoms with van der Waals surface area (Å²) in [6.07, 6.45) is 1.52. The number of hydrogen-bond donors (Lipinski definition) is 1. The van der Waals surface area contributed by atoms with Crippen molar-refractivity contribution in [2.45, 2.75) is 69.4 Å². The quantitative estimate of drug-likeness (QED) is 0.901. The Kier molecular flexibility index (Phi) is 5.16. The maximum absolute atomic E-state index is 5.68. The standard InChI is InChI=1S/C17H27NOS/c1-12-6-7-16(20-15-8-9-19-13(15)2)14(10-12)11-18-17(3,4)5/h6-7,10,13,15,18H,8-9,11H2,1-5H3. The molecular formula is C17H27NOS. The summed E-state index contributed by atoms with van der Waals surface area (Å²) in [6.45, 7) is 12.8. The average molecular weight is 293 g/mol. The van der Waals surface area contributed by atoms with E-state index < -0.39 is 0 Å². The summed E-state index contributed by atoms with van der Waals surface area (Å²) in [7, 11) is 0. The van der Waals surface area contributed by atoms with Crippen molar-refractivity contribution in [1.29, 1.82) is 0 Å². The molecule has 2 nitrogen and oxygen atoms in total. The second kappa shape index (κ2) is 6.50. The second-order valence-corrected chi connectivity index (χ2v) is 8.02. The van der Waals surface area contributed by atoms with Crippen LogP contribution in [-0.4, -0.2) is 23.5 Å². The van der Waals surface area contributed by atoms with E-state index in [-0.39, 0.29) is 5.54 Å². The summed E-state index contributed by atoms with van der Waals surface area (Å²) in [5, 5.41) is 4.19. The van der Waals surface area contributed by atoms with Crippen LogP contribution in [0, 0.1) is 6.92 Å². The van der Waals surface area contributed by atoms with Crippen LogP contribution in [0.4, 0.5) is 0 Å². The Balaban J connectivity index is 2.10. The van der Waals surface area contributed by atoms with Crippen molar-refractivity contribution in [3.05, 3.63) is 29.3 Å². The first-order valence-corrected chi connectivity index (χ1v) is 8.36. The molecule has 1 aromatic carbocycles. The molecule has 112 valence electrons. The number of ether oxygens (including phenoxy) is 1. The van der Waals surface area contributed by atoms with Gasteiger partial charge < -0.3 is 10.1 Å². The molecule has 1 fully saturated rings. The van der Waals surface area contributed by atoms with Crippen LogP contribution in [0.2, 0.25) is 0 Å². The lowest BCUT2D eigenvalue weighted by molar-refractivity contribution is 0.127. The Morgan fingerprint density at radius 3 is 2.70 bits per heavy atom. The van der Waals surface area contributed by atoms with Crippen molar-refractivity contribution in [2.24, 2.45) is 0 Å². The predicted octanol–water partition coefficient (Wildman–Crippen LogP) is 4.15. The Hall–Kier alpha value is -0.510. The van der Waals surface area contributed by atoms with Gasteiger partial charge in [0.2, 0.25) is 0 Å². The lowest BCUT2D eigenvalue weighted by Crippen LogP contribution is -2.35. The molecular weight excluding hydrogens is 266 g/mol. The Bertz CT molecular complexity index is 453. The highest BCUT2D eigenvalue weighted by atomic mass is 32.2. The smallest absolute Gasteiger partial charge is 0.0669 e. The van der Waals surface area contributed by atoms with E-state index >= 15 is 0 Å². The molecule has 0 amide bonds. The molecule has 2 atom stereocenters. The zero-order valence-corrected chi connectivity index (χ0v) is 14.1. The topological polar surface area (TPSA) is 21.3 Å². The van der Waals surface area contributed by atoms with Crippen LogP contribution in [-0.2, 0) is 11.3 Å². The van der Waals surface area contributed by atoms with E-state index in [1.807, 2.05) is 11.8 Å². The number of thioether (sulfide) groups is 1. The zero-order valence-electron chi connectivity index (χ0n) is 13.3. The first kappa shape index (κ1) is 15.9. The molecule has 3 heteroatoms. The van der Waals surface area contributed by atoms with Gasteiger partial charge in [0.1, 0.15) is 0 Å². The van der Waals surface area contributed by atoms with Crippen LogP contribution < -0.4 is 5.32 Å². The van der Waals surface area contributed by atoms with Crippen molar-refractivity contribution >= 4 is 11.8 Å². The summed E-state index contributed by atoms with van der Waals surface area (Å²) in [5.41, 5.74) is 2.88. The maximum Gasteiger partial charge on any atom is 0.0669 e. The largest absolute Gasteiger partial charge is 0.377 e. The third-order valence-corrected chi connectivity index (χ3v) is 5.18. The molecule has 2 unspecified atom stereocenters. The van der Waals surface area contributed by atoms with E-state index in [0.717, 1.165) is 19.6 Å². The van der Waals surface area contributed by atoms with Crippen LogP contribution in [0.25, 0.3) is 0 Å². The minimum Gasteiger partial charge on any atom is -0.377 e. The Morgan fingerprint density at radius 2 is 2.10 bits per heavy atom. The summed E-state index contributed by atoms with van der Waals surface area (Å²) >= 11 is 1.98. The van der Waals surface area contributed by atoms with Gasteiger partial charge in [-0.1, -0.05) is 17.7 Å². The van der Waals surface area contributed by atoms with Gasteiger partial charge >= 0.3 is 0 Å². The highest BCUT2D eigenvalue weighted by Gasteiger charge is 2.26. The van der Waals surface area contributed by atoms with Gasteiger partial charge in [0.05, 0.1) is 6.10 Å². The summed E-state index contributed by atoms with van der Waals surface area (Å²) in [4.78, 5) is 1.40. The number of benzene rings is 1. The van der Waals surface area contributed by atoms with E-state index in [1.165, 1.54) is 16.0 Å². The van der Waals surface area contributed by atoms with Gasteiger partial charge in [-0.25, -0.2) is 0 Å². The molecule has 1 saturated heterocycles. The first-order valence-electron chi connectivity index (χ1n) is 7.48. The lowest BCUT2D eigenvalue weighted by atomic mass is 10.1. The molecule has 1 aromatic rings. The van der Waals surface area contributed by atoms with Gasteiger partial charge in [-0.2, -0.15) is 0 Å². The fourth-order valence-corrected chi connectivity index (χ4v) is 3.59. The SMILES string of the molecule is Cc1ccc(SC2CCOC2C)c(CNC(C)(C)C)c1. The molecule has 0 bridgehead atoms. The van der Waals surface area contributed by atoms with Crippen molar-refractivity contribution in [3.63, 3.8) is 0 Å². The summed E-state index contributed by atoms with van der Waals surface area (Å²) in [6, 6.07) is 6.79. The molecule has 1 N–H and O–H groups in total. The molecule has 0 radical (unpaired) electrons. The van der Waals surface area contributed by atoms with Gasteiger partial charge in [-0.15, -0.1) is 11.8 Å². The average Bonchev–Trinajstić information content (AvgIpc) is 2.74. The van der Waals surface area contributed by atoms with E-state index in [0.29, 0.717) is 11.4 Å². The van der Waals surface area contributed by atoms with Crippen molar-refractivity contribution in [2.75, 3.05) is 6.61 Å². The highest BCUT2D eigenvalue weighted by Crippen LogP contribution is 2.34. The number of hydrogen-bond acceptors (Lipinski definition) is 3. The second-order valence-electron chi connectivity index (χ2n) is 6.74. The number of rotatable bonds is 4. The summed E-state index contributed by atoms with van der Waals surface area (Å²) < 4.78 is 5.68. The molecule has 1 aliphatic rings. The van der Waals surface area contributed by atoms with E-state index in [9.17, 15) is 0 Å². The van der Waals surface area contributed by atoms with E-state index in [2.05, 4.69) is 58.1 Å². The van der Waals surface area contributed by atoms with Gasteiger partial charge in [0.25, 0.3) is 0 Å². The van der Waals surface area contributed by atoms with Crippen molar-refractivity contribution in [3.8, 4) is 0 Å². The molecule has 0 aromatic heterocycles. The number of nitrogens with one attached hydrogen (secondary N) is 1. The van der Waals surface area contributed by atoms with Crippen LogP contribution >= 0.6 is 11.8 Å². The van der Waals surface area contributed by atoms with E-state index in [4.69, 9.17) is 4.74 Å². The van der Waals surface area contributed by atoms with Crippen molar-refractivity contribution in [1.82, 2.24) is 5.32 Å². The van der Waals surface area contributed by atoms with Gasteiger partial charge in [0.15, 0.2) is 0 Å². The molecule has 0 aliphatic carbocycles. The molecule has 2 rings (SSSR count). The molecule has 20 heavy (non-hydrogen) atoms. The minimum atomic E-state index is 0.148. The minimum absolute atomic E-state index is 0.148. The maximum atomic E-state index is 5.68. The van der Waals surface area contributed by atoms with Gasteiger partial charge in [0, 0.05) is 28.8 Å². The molecule has 1 heterocycles. The molecule has 0 spiro atoms. The molecule has 0 saturated carbocycles. The first-order chi connectivity index (χ1) is 9.35. The fraction of sp³-hybridized carbons (Fsp3) is 0.647. The number of aryl methyl sites for hydroxylation is 1. The third kappa shape index (κ3) is 4.51. The van der Waals surface area contributed by atoms with Crippen LogP contribution in [0.15, 0.2) is 23.1 Å². The van der Waals surface area contributed by atoms with Crippen LogP contribution in [0.1, 0.15) is 45.2 Å². The van der Waals surface area contributed by atoms with Crippen LogP contribution in [0.5, 0.6) is 0 Å². The predicted molar refractivity (Wildman–Crippen MR) is 87.4 cm³/mol.